The van der Waals surface area contributed by atoms with Crippen molar-refractivity contribution in [2.45, 2.75) is 25.9 Å². The largest absolute Gasteiger partial charge is 0.340 e. The van der Waals surface area contributed by atoms with Crippen LogP contribution < -0.4 is 5.73 Å². The number of amides is 1. The lowest BCUT2D eigenvalue weighted by atomic mass is 9.96. The molecule has 2 heterocycles. The molecule has 2 N–H and O–H groups in total. The van der Waals surface area contributed by atoms with E-state index in [0.29, 0.717) is 24.7 Å². The fourth-order valence-corrected chi connectivity index (χ4v) is 3.47. The number of piperidine rings is 1. The zero-order chi connectivity index (χ0) is 18.4. The highest BCUT2D eigenvalue weighted by molar-refractivity contribution is 5.91. The number of benzene rings is 1. The van der Waals surface area contributed by atoms with Crippen molar-refractivity contribution in [1.29, 1.82) is 0 Å². The summed E-state index contributed by atoms with van der Waals surface area (Å²) in [5.41, 5.74) is 7.25. The van der Waals surface area contributed by atoms with Gasteiger partial charge < -0.3 is 10.6 Å². The molecule has 7 nitrogen and oxygen atoms in total. The monoisotopic (exact) mass is 428 g/mol. The summed E-state index contributed by atoms with van der Waals surface area (Å²) in [6.45, 7) is 4.98. The van der Waals surface area contributed by atoms with E-state index >= 15 is 0 Å². The minimum Gasteiger partial charge on any atom is -0.340 e. The zero-order valence-electron chi connectivity index (χ0n) is 16.2. The smallest absolute Gasteiger partial charge is 0.275 e. The molecule has 0 saturated carbocycles. The Labute approximate surface area is 179 Å². The maximum atomic E-state index is 12.5. The fourth-order valence-electron chi connectivity index (χ4n) is 3.47. The molecule has 1 saturated heterocycles. The summed E-state index contributed by atoms with van der Waals surface area (Å²) in [6.07, 6.45) is 3.91. The van der Waals surface area contributed by atoms with Crippen molar-refractivity contribution in [2.24, 2.45) is 11.7 Å². The molecule has 1 aliphatic rings. The predicted molar refractivity (Wildman–Crippen MR) is 115 cm³/mol. The molecule has 0 spiro atoms. The lowest BCUT2D eigenvalue weighted by Gasteiger charge is -2.33. The highest BCUT2D eigenvalue weighted by atomic mass is 35.5. The molecule has 1 aromatic heterocycles. The fraction of sp³-hybridized carbons (Fsp3) is 0.526. The first-order valence-corrected chi connectivity index (χ1v) is 9.27. The predicted octanol–water partition coefficient (Wildman–Crippen LogP) is 2.06. The standard InChI is InChI=1S/C19H28N6O.2ClH/c1-23(19(26)18-15-25(12-9-20)22-21-18)13-17-7-10-24(11-8-17)14-16-5-3-2-4-6-16;;/h2-6,15,17H,7-14,20H2,1H3;2*1H. The lowest BCUT2D eigenvalue weighted by Crippen LogP contribution is -2.39. The number of carbonyl (C=O) groups is 1. The third-order valence-corrected chi connectivity index (χ3v) is 4.95. The van der Waals surface area contributed by atoms with Crippen LogP contribution in [0.5, 0.6) is 0 Å². The van der Waals surface area contributed by atoms with Gasteiger partial charge in [-0.15, -0.1) is 29.9 Å². The van der Waals surface area contributed by atoms with Crippen molar-refractivity contribution in [3.05, 3.63) is 47.8 Å². The summed E-state index contributed by atoms with van der Waals surface area (Å²) in [5.74, 6) is 0.468. The molecule has 0 bridgehead atoms. The van der Waals surface area contributed by atoms with Crippen LogP contribution in [0, 0.1) is 5.92 Å². The highest BCUT2D eigenvalue weighted by Gasteiger charge is 2.23. The van der Waals surface area contributed by atoms with Crippen LogP contribution in [0.2, 0.25) is 0 Å². The molecule has 0 radical (unpaired) electrons. The van der Waals surface area contributed by atoms with Gasteiger partial charge in [-0.2, -0.15) is 0 Å². The summed E-state index contributed by atoms with van der Waals surface area (Å²) in [4.78, 5) is 16.8. The number of hydrogen-bond donors (Lipinski definition) is 1. The first kappa shape index (κ1) is 24.4. The Morgan fingerprint density at radius 1 is 1.21 bits per heavy atom. The highest BCUT2D eigenvalue weighted by Crippen LogP contribution is 2.20. The van der Waals surface area contributed by atoms with Crippen LogP contribution in [0.1, 0.15) is 28.9 Å². The Kier molecular flexibility index (Phi) is 10.5. The van der Waals surface area contributed by atoms with Crippen molar-refractivity contribution in [1.82, 2.24) is 24.8 Å². The van der Waals surface area contributed by atoms with Crippen molar-refractivity contribution in [2.75, 3.05) is 33.2 Å². The topological polar surface area (TPSA) is 80.3 Å². The van der Waals surface area contributed by atoms with Gasteiger partial charge in [-0.05, 0) is 37.4 Å². The Morgan fingerprint density at radius 2 is 1.89 bits per heavy atom. The molecule has 1 aromatic carbocycles. The second-order valence-corrected chi connectivity index (χ2v) is 7.05. The van der Waals surface area contributed by atoms with E-state index in [1.165, 1.54) is 5.56 Å². The van der Waals surface area contributed by atoms with Gasteiger partial charge in [0.25, 0.3) is 5.91 Å². The third-order valence-electron chi connectivity index (χ3n) is 4.95. The van der Waals surface area contributed by atoms with Gasteiger partial charge in [0.1, 0.15) is 0 Å². The Balaban J connectivity index is 0.00000196. The average Bonchev–Trinajstić information content (AvgIpc) is 3.12. The number of hydrogen-bond acceptors (Lipinski definition) is 5. The number of nitrogens with zero attached hydrogens (tertiary/aromatic N) is 5. The molecule has 2 aromatic rings. The Bertz CT molecular complexity index is 703. The lowest BCUT2D eigenvalue weighted by molar-refractivity contribution is 0.0731. The molecule has 0 atom stereocenters. The normalized spacial score (nSPS) is 14.8. The molecule has 1 aliphatic heterocycles. The van der Waals surface area contributed by atoms with Gasteiger partial charge in [-0.1, -0.05) is 35.5 Å². The summed E-state index contributed by atoms with van der Waals surface area (Å²) in [5, 5.41) is 7.90. The summed E-state index contributed by atoms with van der Waals surface area (Å²) in [6, 6.07) is 10.6. The minimum absolute atomic E-state index is 0. The molecule has 9 heteroatoms. The number of aromatic nitrogens is 3. The van der Waals surface area contributed by atoms with Gasteiger partial charge in [0.15, 0.2) is 5.69 Å². The van der Waals surface area contributed by atoms with E-state index in [1.54, 1.807) is 15.8 Å². The van der Waals surface area contributed by atoms with Crippen LogP contribution >= 0.6 is 24.8 Å². The first-order chi connectivity index (χ1) is 12.7. The average molecular weight is 429 g/mol. The second kappa shape index (κ2) is 12.0. The molecule has 156 valence electrons. The Morgan fingerprint density at radius 3 is 2.54 bits per heavy atom. The van der Waals surface area contributed by atoms with E-state index < -0.39 is 0 Å². The van der Waals surface area contributed by atoms with Gasteiger partial charge >= 0.3 is 0 Å². The Hall–Kier alpha value is -1.67. The minimum atomic E-state index is -0.0695. The summed E-state index contributed by atoms with van der Waals surface area (Å²) < 4.78 is 1.61. The van der Waals surface area contributed by atoms with E-state index in [0.717, 1.165) is 39.0 Å². The van der Waals surface area contributed by atoms with Crippen LogP contribution in [0.25, 0.3) is 0 Å². The van der Waals surface area contributed by atoms with E-state index in [2.05, 4.69) is 45.5 Å². The van der Waals surface area contributed by atoms with Gasteiger partial charge in [0.2, 0.25) is 0 Å². The van der Waals surface area contributed by atoms with E-state index in [4.69, 9.17) is 5.73 Å². The van der Waals surface area contributed by atoms with Crippen molar-refractivity contribution < 1.29 is 4.79 Å². The number of carbonyl (C=O) groups excluding carboxylic acids is 1. The van der Waals surface area contributed by atoms with E-state index in [1.807, 2.05) is 7.05 Å². The maximum absolute atomic E-state index is 12.5. The zero-order valence-corrected chi connectivity index (χ0v) is 17.9. The maximum Gasteiger partial charge on any atom is 0.275 e. The third kappa shape index (κ3) is 6.74. The molecular weight excluding hydrogens is 399 g/mol. The quantitative estimate of drug-likeness (QED) is 0.729. The molecule has 28 heavy (non-hydrogen) atoms. The van der Waals surface area contributed by atoms with Crippen LogP contribution in [-0.2, 0) is 13.1 Å². The molecule has 1 amide bonds. The molecule has 0 unspecified atom stereocenters. The van der Waals surface area contributed by atoms with Crippen LogP contribution in [0.4, 0.5) is 0 Å². The molecule has 0 aliphatic carbocycles. The first-order valence-electron chi connectivity index (χ1n) is 9.27. The number of nitrogens with two attached hydrogens (primary N) is 1. The van der Waals surface area contributed by atoms with Crippen molar-refractivity contribution in [3.63, 3.8) is 0 Å². The summed E-state index contributed by atoms with van der Waals surface area (Å²) in [7, 11) is 1.85. The van der Waals surface area contributed by atoms with Crippen LogP contribution in [0.3, 0.4) is 0 Å². The van der Waals surface area contributed by atoms with Gasteiger partial charge in [-0.3, -0.25) is 14.4 Å². The van der Waals surface area contributed by atoms with Gasteiger partial charge in [0.05, 0.1) is 12.7 Å². The van der Waals surface area contributed by atoms with E-state index in [9.17, 15) is 4.79 Å². The van der Waals surface area contributed by atoms with Crippen molar-refractivity contribution >= 4 is 30.7 Å². The second-order valence-electron chi connectivity index (χ2n) is 7.05. The van der Waals surface area contributed by atoms with Gasteiger partial charge in [-0.25, -0.2) is 0 Å². The number of rotatable bonds is 7. The SMILES string of the molecule is CN(CC1CCN(Cc2ccccc2)CC1)C(=O)c1cn(CCN)nn1.Cl.Cl. The van der Waals surface area contributed by atoms with Crippen LogP contribution in [0.15, 0.2) is 36.5 Å². The molecule has 3 rings (SSSR count). The number of likely N-dealkylation sites (tertiary alicyclic amines) is 1. The summed E-state index contributed by atoms with van der Waals surface area (Å²) >= 11 is 0. The van der Waals surface area contributed by atoms with Crippen molar-refractivity contribution in [3.8, 4) is 0 Å². The van der Waals surface area contributed by atoms with Crippen LogP contribution in [-0.4, -0.2) is 63.9 Å². The number of halogens is 2. The van der Waals surface area contributed by atoms with Gasteiger partial charge in [0, 0.05) is 26.7 Å². The molecular formula is C19H30Cl2N6O. The molecule has 1 fully saturated rings. The van der Waals surface area contributed by atoms with E-state index in [-0.39, 0.29) is 30.7 Å².